The van der Waals surface area contributed by atoms with Crippen LogP contribution >= 0.6 is 22.7 Å². The number of aromatic amines is 1. The van der Waals surface area contributed by atoms with E-state index in [4.69, 9.17) is 0 Å². The van der Waals surface area contributed by atoms with Crippen LogP contribution in [0.15, 0.2) is 48.8 Å². The van der Waals surface area contributed by atoms with E-state index in [1.54, 1.807) is 0 Å². The van der Waals surface area contributed by atoms with Crippen molar-refractivity contribution in [2.75, 3.05) is 0 Å². The van der Waals surface area contributed by atoms with Gasteiger partial charge in [-0.25, -0.2) is 0 Å². The summed E-state index contributed by atoms with van der Waals surface area (Å²) in [5.74, 6) is 0. The maximum Gasteiger partial charge on any atom is 0.0352 e. The van der Waals surface area contributed by atoms with E-state index in [0.717, 1.165) is 0 Å². The van der Waals surface area contributed by atoms with Crippen molar-refractivity contribution >= 4 is 33.4 Å². The highest BCUT2D eigenvalue weighted by Crippen LogP contribution is 2.39. The highest BCUT2D eigenvalue weighted by atomic mass is 32.1. The molecular weight excluding hydrogens is 294 g/mol. The molecule has 0 saturated carbocycles. The summed E-state index contributed by atoms with van der Waals surface area (Å²) in [5, 5.41) is 2.61. The van der Waals surface area contributed by atoms with Crippen LogP contribution < -0.4 is 0 Å². The number of thiophene rings is 2. The minimum absolute atomic E-state index is 1.31. The molecule has 4 rings (SSSR count). The smallest absolute Gasteiger partial charge is 0.0352 e. The van der Waals surface area contributed by atoms with Crippen LogP contribution in [0, 0.1) is 13.8 Å². The molecule has 3 heteroatoms. The molecule has 3 aromatic heterocycles. The Morgan fingerprint density at radius 3 is 1.52 bits per heavy atom. The van der Waals surface area contributed by atoms with E-state index in [-0.39, 0.29) is 0 Å². The third kappa shape index (κ3) is 2.13. The highest BCUT2D eigenvalue weighted by molar-refractivity contribution is 7.16. The number of aromatic nitrogens is 1. The van der Waals surface area contributed by atoms with E-state index in [0.29, 0.717) is 0 Å². The second kappa shape index (κ2) is 4.86. The van der Waals surface area contributed by atoms with Crippen LogP contribution in [0.1, 0.15) is 9.75 Å². The first-order chi connectivity index (χ1) is 10.2. The fourth-order valence-corrected chi connectivity index (χ4v) is 4.56. The molecule has 0 spiro atoms. The quantitative estimate of drug-likeness (QED) is 0.451. The third-order valence-electron chi connectivity index (χ3n) is 3.75. The average molecular weight is 309 g/mol. The first-order valence-electron chi connectivity index (χ1n) is 6.95. The molecule has 0 aliphatic rings. The molecule has 0 amide bonds. The number of rotatable bonds is 2. The largest absolute Gasteiger partial charge is 0.366 e. The van der Waals surface area contributed by atoms with Crippen LogP contribution in [0.3, 0.4) is 0 Å². The monoisotopic (exact) mass is 309 g/mol. The Balaban J connectivity index is 1.96. The normalized spacial score (nSPS) is 11.3. The summed E-state index contributed by atoms with van der Waals surface area (Å²) >= 11 is 3.71. The summed E-state index contributed by atoms with van der Waals surface area (Å²) in [7, 11) is 0. The molecule has 0 aliphatic carbocycles. The summed E-state index contributed by atoms with van der Waals surface area (Å²) in [5.41, 5.74) is 2.64. The molecule has 0 bridgehead atoms. The summed E-state index contributed by atoms with van der Waals surface area (Å²) < 4.78 is 0. The molecule has 0 radical (unpaired) electrons. The number of hydrogen-bond donors (Lipinski definition) is 1. The van der Waals surface area contributed by atoms with Crippen molar-refractivity contribution in [3.63, 3.8) is 0 Å². The summed E-state index contributed by atoms with van der Waals surface area (Å²) in [6.45, 7) is 4.32. The van der Waals surface area contributed by atoms with E-state index in [1.807, 2.05) is 22.7 Å². The zero-order chi connectivity index (χ0) is 14.4. The minimum atomic E-state index is 1.31. The van der Waals surface area contributed by atoms with Gasteiger partial charge in [0.25, 0.3) is 0 Å². The van der Waals surface area contributed by atoms with E-state index in [9.17, 15) is 0 Å². The standard InChI is InChI=1S/C18H15NS2/c1-11-3-7-17(20-11)13-5-6-14(16-10-19-9-15(13)16)18-8-4-12(2)21-18/h3-10,19H,1-2H3. The molecule has 21 heavy (non-hydrogen) atoms. The summed E-state index contributed by atoms with van der Waals surface area (Å²) in [6, 6.07) is 13.3. The molecule has 1 N–H and O–H groups in total. The maximum atomic E-state index is 3.28. The molecular formula is C18H15NS2. The van der Waals surface area contributed by atoms with Crippen molar-refractivity contribution in [3.8, 4) is 20.9 Å². The topological polar surface area (TPSA) is 15.8 Å². The number of H-pyrrole nitrogens is 1. The van der Waals surface area contributed by atoms with Crippen molar-refractivity contribution in [3.05, 3.63) is 58.5 Å². The zero-order valence-electron chi connectivity index (χ0n) is 11.9. The van der Waals surface area contributed by atoms with Crippen LogP contribution in [0.25, 0.3) is 31.7 Å². The molecule has 4 aromatic rings. The minimum Gasteiger partial charge on any atom is -0.366 e. The second-order valence-corrected chi connectivity index (χ2v) is 7.84. The van der Waals surface area contributed by atoms with Crippen LogP contribution in [0.5, 0.6) is 0 Å². The summed E-state index contributed by atoms with van der Waals surface area (Å²) in [6.07, 6.45) is 4.23. The molecule has 0 fully saturated rings. The lowest BCUT2D eigenvalue weighted by Gasteiger charge is -2.05. The fraction of sp³-hybridized carbons (Fsp3) is 0.111. The van der Waals surface area contributed by atoms with Crippen LogP contribution in [-0.4, -0.2) is 4.98 Å². The SMILES string of the molecule is Cc1ccc(-c2ccc(-c3ccc(C)s3)c3c[nH]cc23)s1. The molecule has 1 nitrogen and oxygen atoms in total. The molecule has 104 valence electrons. The highest BCUT2D eigenvalue weighted by Gasteiger charge is 2.12. The summed E-state index contributed by atoms with van der Waals surface area (Å²) in [4.78, 5) is 8.67. The zero-order valence-corrected chi connectivity index (χ0v) is 13.6. The predicted molar refractivity (Wildman–Crippen MR) is 94.4 cm³/mol. The van der Waals surface area contributed by atoms with Gasteiger partial charge in [-0.3, -0.25) is 0 Å². The number of aryl methyl sites for hydroxylation is 2. The molecule has 0 saturated heterocycles. The number of benzene rings is 1. The van der Waals surface area contributed by atoms with Crippen molar-refractivity contribution in [2.24, 2.45) is 0 Å². The average Bonchev–Trinajstić information content (AvgIpc) is 3.18. The van der Waals surface area contributed by atoms with Gasteiger partial charge in [-0.2, -0.15) is 0 Å². The Bertz CT molecular complexity index is 849. The van der Waals surface area contributed by atoms with Crippen LogP contribution in [0.4, 0.5) is 0 Å². The first-order valence-corrected chi connectivity index (χ1v) is 8.59. The Hall–Kier alpha value is -1.84. The van der Waals surface area contributed by atoms with E-state index in [2.05, 4.69) is 67.6 Å². The predicted octanol–water partition coefficient (Wildman–Crippen LogP) is 6.24. The van der Waals surface area contributed by atoms with Gasteiger partial charge in [-0.1, -0.05) is 12.1 Å². The maximum absolute atomic E-state index is 3.28. The second-order valence-electron chi connectivity index (χ2n) is 5.26. The van der Waals surface area contributed by atoms with E-state index < -0.39 is 0 Å². The number of nitrogens with one attached hydrogen (secondary N) is 1. The Morgan fingerprint density at radius 1 is 0.667 bits per heavy atom. The number of hydrogen-bond acceptors (Lipinski definition) is 2. The van der Waals surface area contributed by atoms with E-state index >= 15 is 0 Å². The molecule has 0 aliphatic heterocycles. The molecule has 3 heterocycles. The van der Waals surface area contributed by atoms with Crippen molar-refractivity contribution in [1.29, 1.82) is 0 Å². The van der Waals surface area contributed by atoms with Gasteiger partial charge in [0.15, 0.2) is 0 Å². The first kappa shape index (κ1) is 12.9. The van der Waals surface area contributed by atoms with Crippen LogP contribution in [0.2, 0.25) is 0 Å². The lowest BCUT2D eigenvalue weighted by molar-refractivity contribution is 1.43. The third-order valence-corrected chi connectivity index (χ3v) is 5.82. The molecule has 1 aromatic carbocycles. The van der Waals surface area contributed by atoms with Gasteiger partial charge >= 0.3 is 0 Å². The Morgan fingerprint density at radius 2 is 1.14 bits per heavy atom. The van der Waals surface area contributed by atoms with Gasteiger partial charge in [0, 0.05) is 53.8 Å². The van der Waals surface area contributed by atoms with Gasteiger partial charge in [0.1, 0.15) is 0 Å². The van der Waals surface area contributed by atoms with Gasteiger partial charge in [-0.15, -0.1) is 22.7 Å². The Labute approximate surface area is 131 Å². The fourth-order valence-electron chi connectivity index (χ4n) is 2.74. The van der Waals surface area contributed by atoms with Crippen molar-refractivity contribution in [2.45, 2.75) is 13.8 Å². The van der Waals surface area contributed by atoms with Crippen molar-refractivity contribution in [1.82, 2.24) is 4.98 Å². The van der Waals surface area contributed by atoms with Gasteiger partial charge in [0.05, 0.1) is 0 Å². The number of fused-ring (bicyclic) bond motifs is 1. The van der Waals surface area contributed by atoms with Gasteiger partial charge in [-0.05, 0) is 38.1 Å². The lowest BCUT2D eigenvalue weighted by Crippen LogP contribution is -1.78. The van der Waals surface area contributed by atoms with Crippen LogP contribution in [-0.2, 0) is 0 Å². The molecule has 0 unspecified atom stereocenters. The van der Waals surface area contributed by atoms with Gasteiger partial charge < -0.3 is 4.98 Å². The van der Waals surface area contributed by atoms with E-state index in [1.165, 1.54) is 41.4 Å². The Kier molecular flexibility index (Phi) is 2.98. The lowest BCUT2D eigenvalue weighted by atomic mass is 10.0. The van der Waals surface area contributed by atoms with Crippen molar-refractivity contribution < 1.29 is 0 Å². The molecule has 0 atom stereocenters. The van der Waals surface area contributed by atoms with Gasteiger partial charge in [0.2, 0.25) is 0 Å².